The molecule has 0 spiro atoms. The summed E-state index contributed by atoms with van der Waals surface area (Å²) in [4.78, 5) is 13.9. The quantitative estimate of drug-likeness (QED) is 0.738. The fraction of sp³-hybridized carbons (Fsp3) is 0.350. The van der Waals surface area contributed by atoms with Crippen LogP contribution in [0.1, 0.15) is 10.4 Å². The molecule has 1 fully saturated rings. The number of para-hydroxylation sites is 2. The van der Waals surface area contributed by atoms with Crippen LogP contribution >= 0.6 is 12.4 Å². The first-order valence-corrected chi connectivity index (χ1v) is 9.07. The zero-order valence-corrected chi connectivity index (χ0v) is 16.4. The molecule has 0 aliphatic carbocycles. The standard InChI is InChI=1S/C20H22F3N3O2.ClH/c21-20(22,23)18(26-12-10-24-11-13-26)14-25-19(27)16-8-4-5-9-17(16)28-15-6-2-1-3-7-15;/h1-9,18,24H,10-14H2,(H,25,27);1H. The molecule has 0 radical (unpaired) electrons. The van der Waals surface area contributed by atoms with Crippen LogP contribution < -0.4 is 15.4 Å². The van der Waals surface area contributed by atoms with Crippen molar-refractivity contribution in [3.8, 4) is 11.5 Å². The molecule has 3 rings (SSSR count). The molecule has 1 amide bonds. The Kier molecular flexibility index (Phi) is 8.31. The van der Waals surface area contributed by atoms with Crippen LogP contribution in [0.15, 0.2) is 54.6 Å². The topological polar surface area (TPSA) is 53.6 Å². The van der Waals surface area contributed by atoms with Gasteiger partial charge >= 0.3 is 6.18 Å². The second-order valence-electron chi connectivity index (χ2n) is 6.46. The van der Waals surface area contributed by atoms with Crippen LogP contribution in [-0.4, -0.2) is 55.7 Å². The molecule has 1 unspecified atom stereocenters. The molecule has 2 N–H and O–H groups in total. The Bertz CT molecular complexity index is 784. The minimum absolute atomic E-state index is 0. The number of carbonyl (C=O) groups is 1. The predicted molar refractivity (Wildman–Crippen MR) is 107 cm³/mol. The van der Waals surface area contributed by atoms with Crippen molar-refractivity contribution in [2.75, 3.05) is 32.7 Å². The number of nitrogens with one attached hydrogen (secondary N) is 2. The Balaban J connectivity index is 0.00000300. The molecule has 0 bridgehead atoms. The maximum atomic E-state index is 13.5. The van der Waals surface area contributed by atoms with E-state index in [4.69, 9.17) is 4.74 Å². The molecule has 0 aromatic heterocycles. The summed E-state index contributed by atoms with van der Waals surface area (Å²) in [6, 6.07) is 13.6. The summed E-state index contributed by atoms with van der Waals surface area (Å²) in [5.41, 5.74) is 0.188. The van der Waals surface area contributed by atoms with Crippen LogP contribution in [0.3, 0.4) is 0 Å². The largest absolute Gasteiger partial charge is 0.457 e. The van der Waals surface area contributed by atoms with E-state index in [2.05, 4.69) is 10.6 Å². The van der Waals surface area contributed by atoms with Gasteiger partial charge in [-0.05, 0) is 24.3 Å². The van der Waals surface area contributed by atoms with Crippen molar-refractivity contribution < 1.29 is 22.7 Å². The van der Waals surface area contributed by atoms with Gasteiger partial charge < -0.3 is 15.4 Å². The van der Waals surface area contributed by atoms with E-state index >= 15 is 0 Å². The van der Waals surface area contributed by atoms with Crippen molar-refractivity contribution in [1.29, 1.82) is 0 Å². The van der Waals surface area contributed by atoms with Gasteiger partial charge in [0.15, 0.2) is 0 Å². The van der Waals surface area contributed by atoms with Crippen LogP contribution in [0.25, 0.3) is 0 Å². The van der Waals surface area contributed by atoms with Gasteiger partial charge in [-0.1, -0.05) is 30.3 Å². The number of halogens is 4. The maximum absolute atomic E-state index is 13.5. The minimum atomic E-state index is -4.43. The van der Waals surface area contributed by atoms with Gasteiger partial charge in [0.2, 0.25) is 0 Å². The highest BCUT2D eigenvalue weighted by molar-refractivity contribution is 5.97. The SMILES string of the molecule is Cl.O=C(NCC(N1CCNCC1)C(F)(F)F)c1ccccc1Oc1ccccc1. The number of piperazine rings is 1. The summed E-state index contributed by atoms with van der Waals surface area (Å²) in [6.45, 7) is 1.05. The van der Waals surface area contributed by atoms with E-state index in [0.717, 1.165) is 0 Å². The molecular weight excluding hydrogens is 407 g/mol. The Labute approximate surface area is 173 Å². The van der Waals surface area contributed by atoms with E-state index < -0.39 is 24.7 Å². The van der Waals surface area contributed by atoms with Gasteiger partial charge in [-0.3, -0.25) is 9.69 Å². The van der Waals surface area contributed by atoms with E-state index in [0.29, 0.717) is 18.8 Å². The number of benzene rings is 2. The van der Waals surface area contributed by atoms with E-state index in [-0.39, 0.29) is 36.8 Å². The number of nitrogens with zero attached hydrogens (tertiary/aromatic N) is 1. The lowest BCUT2D eigenvalue weighted by atomic mass is 10.1. The fourth-order valence-electron chi connectivity index (χ4n) is 3.09. The molecule has 0 saturated carbocycles. The van der Waals surface area contributed by atoms with Crippen LogP contribution in [0.4, 0.5) is 13.2 Å². The molecule has 2 aromatic rings. The molecule has 29 heavy (non-hydrogen) atoms. The molecule has 158 valence electrons. The molecule has 9 heteroatoms. The molecule has 1 aliphatic heterocycles. The van der Waals surface area contributed by atoms with Crippen LogP contribution in [0, 0.1) is 0 Å². The number of hydrogen-bond acceptors (Lipinski definition) is 4. The fourth-order valence-corrected chi connectivity index (χ4v) is 3.09. The van der Waals surface area contributed by atoms with Crippen molar-refractivity contribution in [3.05, 3.63) is 60.2 Å². The van der Waals surface area contributed by atoms with Crippen molar-refractivity contribution in [2.24, 2.45) is 0 Å². The number of alkyl halides is 3. The second kappa shape index (κ2) is 10.5. The van der Waals surface area contributed by atoms with Gasteiger partial charge in [0.1, 0.15) is 17.5 Å². The van der Waals surface area contributed by atoms with Crippen LogP contribution in [0.2, 0.25) is 0 Å². The predicted octanol–water partition coefficient (Wildman–Crippen LogP) is 3.47. The van der Waals surface area contributed by atoms with Gasteiger partial charge in [-0.2, -0.15) is 13.2 Å². The number of rotatable bonds is 6. The Morgan fingerprint density at radius 1 is 1.07 bits per heavy atom. The highest BCUT2D eigenvalue weighted by Crippen LogP contribution is 2.27. The van der Waals surface area contributed by atoms with Crippen molar-refractivity contribution in [3.63, 3.8) is 0 Å². The summed E-state index contributed by atoms with van der Waals surface area (Å²) < 4.78 is 46.2. The first kappa shape index (κ1) is 23.0. The molecule has 2 aromatic carbocycles. The number of carbonyl (C=O) groups excluding carboxylic acids is 1. The van der Waals surface area contributed by atoms with Gasteiger partial charge in [-0.15, -0.1) is 12.4 Å². The van der Waals surface area contributed by atoms with Crippen LogP contribution in [-0.2, 0) is 0 Å². The third-order valence-corrected chi connectivity index (χ3v) is 4.53. The smallest absolute Gasteiger partial charge is 0.405 e. The average Bonchev–Trinajstić information content (AvgIpc) is 2.69. The molecule has 1 atom stereocenters. The van der Waals surface area contributed by atoms with Gasteiger partial charge in [-0.25, -0.2) is 0 Å². The summed E-state index contributed by atoms with van der Waals surface area (Å²) >= 11 is 0. The van der Waals surface area contributed by atoms with E-state index in [9.17, 15) is 18.0 Å². The lowest BCUT2D eigenvalue weighted by molar-refractivity contribution is -0.183. The number of ether oxygens (including phenoxy) is 1. The lowest BCUT2D eigenvalue weighted by Crippen LogP contribution is -2.57. The first-order chi connectivity index (χ1) is 13.4. The third-order valence-electron chi connectivity index (χ3n) is 4.53. The molecule has 1 saturated heterocycles. The molecule has 1 aliphatic rings. The normalized spacial score (nSPS) is 15.8. The van der Waals surface area contributed by atoms with E-state index in [1.165, 1.54) is 11.0 Å². The van der Waals surface area contributed by atoms with E-state index in [1.807, 2.05) is 6.07 Å². The molecular formula is C20H23ClF3N3O2. The van der Waals surface area contributed by atoms with Crippen molar-refractivity contribution in [2.45, 2.75) is 12.2 Å². The average molecular weight is 430 g/mol. The number of hydrogen-bond donors (Lipinski definition) is 2. The summed E-state index contributed by atoms with van der Waals surface area (Å²) in [5.74, 6) is 0.226. The maximum Gasteiger partial charge on any atom is 0.405 e. The Morgan fingerprint density at radius 3 is 2.34 bits per heavy atom. The third kappa shape index (κ3) is 6.35. The monoisotopic (exact) mass is 429 g/mol. The highest BCUT2D eigenvalue weighted by atomic mass is 35.5. The lowest BCUT2D eigenvalue weighted by Gasteiger charge is -2.35. The highest BCUT2D eigenvalue weighted by Gasteiger charge is 2.43. The minimum Gasteiger partial charge on any atom is -0.457 e. The van der Waals surface area contributed by atoms with Crippen molar-refractivity contribution >= 4 is 18.3 Å². The summed E-state index contributed by atoms with van der Waals surface area (Å²) in [6.07, 6.45) is -4.43. The molecule has 5 nitrogen and oxygen atoms in total. The number of amides is 1. The van der Waals surface area contributed by atoms with Gasteiger partial charge in [0, 0.05) is 32.7 Å². The van der Waals surface area contributed by atoms with Crippen molar-refractivity contribution in [1.82, 2.24) is 15.5 Å². The Morgan fingerprint density at radius 2 is 1.69 bits per heavy atom. The second-order valence-corrected chi connectivity index (χ2v) is 6.46. The summed E-state index contributed by atoms with van der Waals surface area (Å²) in [5, 5.41) is 5.46. The van der Waals surface area contributed by atoms with E-state index in [1.54, 1.807) is 42.5 Å². The zero-order chi connectivity index (χ0) is 20.0. The first-order valence-electron chi connectivity index (χ1n) is 9.07. The Hall–Kier alpha value is -2.29. The zero-order valence-electron chi connectivity index (χ0n) is 15.6. The van der Waals surface area contributed by atoms with Gasteiger partial charge in [0.25, 0.3) is 5.91 Å². The molecule has 1 heterocycles. The summed E-state index contributed by atoms with van der Waals surface area (Å²) in [7, 11) is 0. The van der Waals surface area contributed by atoms with Crippen LogP contribution in [0.5, 0.6) is 11.5 Å². The van der Waals surface area contributed by atoms with Gasteiger partial charge in [0.05, 0.1) is 5.56 Å².